The standard InChI is InChI=1S/C17H17NO5S/c1-17(2)22-15-13(16(19)23-17)9-6-10-14(15)18-24(20)21-11-12-7-4-3-5-8-12/h3-10,24H,11H2,1-2H3. The molecule has 6 nitrogen and oxygen atoms in total. The molecule has 0 aromatic heterocycles. The number of benzene rings is 2. The van der Waals surface area contributed by atoms with Crippen LogP contribution in [0.2, 0.25) is 0 Å². The fourth-order valence-corrected chi connectivity index (χ4v) is 2.89. The Kier molecular flexibility index (Phi) is 4.55. The lowest BCUT2D eigenvalue weighted by Gasteiger charge is -2.32. The Balaban J connectivity index is 1.84. The molecule has 1 atom stereocenters. The summed E-state index contributed by atoms with van der Waals surface area (Å²) >= 11 is 0. The van der Waals surface area contributed by atoms with Gasteiger partial charge in [0.05, 0.1) is 6.61 Å². The highest BCUT2D eigenvalue weighted by Gasteiger charge is 2.35. The third-order valence-electron chi connectivity index (χ3n) is 3.27. The van der Waals surface area contributed by atoms with Gasteiger partial charge in [-0.25, -0.2) is 9.00 Å². The normalized spacial score (nSPS) is 16.8. The predicted octanol–water partition coefficient (Wildman–Crippen LogP) is 3.40. The van der Waals surface area contributed by atoms with Gasteiger partial charge in [-0.15, -0.1) is 0 Å². The van der Waals surface area contributed by atoms with E-state index in [1.54, 1.807) is 32.0 Å². The number of carbonyl (C=O) groups is 1. The Morgan fingerprint density at radius 3 is 2.58 bits per heavy atom. The number of fused-ring (bicyclic) bond motifs is 1. The van der Waals surface area contributed by atoms with Gasteiger partial charge in [-0.2, -0.15) is 4.36 Å². The maximum Gasteiger partial charge on any atom is 0.345 e. The number of cyclic esters (lactones) is 1. The van der Waals surface area contributed by atoms with Crippen LogP contribution < -0.4 is 4.74 Å². The number of thiol groups is 1. The molecule has 0 aliphatic carbocycles. The summed E-state index contributed by atoms with van der Waals surface area (Å²) in [5, 5.41) is 0. The van der Waals surface area contributed by atoms with E-state index < -0.39 is 22.6 Å². The molecule has 0 saturated carbocycles. The van der Waals surface area contributed by atoms with Crippen LogP contribution in [-0.2, 0) is 26.4 Å². The number of ether oxygens (including phenoxy) is 2. The second-order valence-electron chi connectivity index (χ2n) is 5.64. The Hall–Kier alpha value is -2.38. The maximum atomic E-state index is 12.1. The van der Waals surface area contributed by atoms with Crippen molar-refractivity contribution in [1.82, 2.24) is 0 Å². The van der Waals surface area contributed by atoms with Crippen LogP contribution in [-0.4, -0.2) is 16.0 Å². The van der Waals surface area contributed by atoms with Crippen LogP contribution in [0.4, 0.5) is 5.69 Å². The van der Waals surface area contributed by atoms with Crippen molar-refractivity contribution in [3.63, 3.8) is 0 Å². The zero-order valence-electron chi connectivity index (χ0n) is 13.3. The molecule has 1 aliphatic rings. The summed E-state index contributed by atoms with van der Waals surface area (Å²) in [5.41, 5.74) is 1.44. The van der Waals surface area contributed by atoms with Gasteiger partial charge < -0.3 is 9.47 Å². The lowest BCUT2D eigenvalue weighted by Crippen LogP contribution is -2.38. The van der Waals surface area contributed by atoms with Gasteiger partial charge in [0.2, 0.25) is 5.79 Å². The third kappa shape index (κ3) is 3.74. The molecule has 1 unspecified atom stereocenters. The summed E-state index contributed by atoms with van der Waals surface area (Å²) in [6.07, 6.45) is 0. The van der Waals surface area contributed by atoms with E-state index in [0.29, 0.717) is 5.69 Å². The highest BCUT2D eigenvalue weighted by atomic mass is 32.2. The molecule has 0 fully saturated rings. The zero-order valence-corrected chi connectivity index (χ0v) is 14.2. The summed E-state index contributed by atoms with van der Waals surface area (Å²) in [4.78, 5) is 12.0. The predicted molar refractivity (Wildman–Crippen MR) is 89.4 cm³/mol. The van der Waals surface area contributed by atoms with E-state index >= 15 is 0 Å². The topological polar surface area (TPSA) is 74.2 Å². The van der Waals surface area contributed by atoms with Gasteiger partial charge in [0.25, 0.3) is 0 Å². The smallest absolute Gasteiger partial charge is 0.345 e. The fourth-order valence-electron chi connectivity index (χ4n) is 2.24. The van der Waals surface area contributed by atoms with Crippen LogP contribution in [0.5, 0.6) is 5.75 Å². The van der Waals surface area contributed by atoms with E-state index in [0.717, 1.165) is 5.56 Å². The summed E-state index contributed by atoms with van der Waals surface area (Å²) < 4.78 is 32.2. The molecule has 0 radical (unpaired) electrons. The number of carbonyl (C=O) groups excluding carboxylic acids is 1. The molecule has 0 spiro atoms. The van der Waals surface area contributed by atoms with Crippen molar-refractivity contribution in [2.75, 3.05) is 0 Å². The number of hydrogen-bond donors (Lipinski definition) is 1. The van der Waals surface area contributed by atoms with Crippen molar-refractivity contribution < 1.29 is 22.7 Å². The van der Waals surface area contributed by atoms with Crippen molar-refractivity contribution in [2.24, 2.45) is 4.36 Å². The SMILES string of the molecule is CC1(C)OC(=O)c2cccc(N=[SH](=O)OCc3ccccc3)c2O1. The summed E-state index contributed by atoms with van der Waals surface area (Å²) in [6, 6.07) is 14.2. The molecule has 1 aliphatic heterocycles. The first kappa shape index (κ1) is 16.5. The van der Waals surface area contributed by atoms with Crippen LogP contribution in [0.25, 0.3) is 0 Å². The van der Waals surface area contributed by atoms with Gasteiger partial charge >= 0.3 is 5.97 Å². The van der Waals surface area contributed by atoms with Crippen LogP contribution in [0.3, 0.4) is 0 Å². The quantitative estimate of drug-likeness (QED) is 0.678. The highest BCUT2D eigenvalue weighted by molar-refractivity contribution is 7.69. The third-order valence-corrected chi connectivity index (χ3v) is 4.00. The molecule has 0 saturated heterocycles. The average molecular weight is 347 g/mol. The van der Waals surface area contributed by atoms with Crippen molar-refractivity contribution in [1.29, 1.82) is 0 Å². The first-order valence-corrected chi connectivity index (χ1v) is 8.49. The minimum absolute atomic E-state index is 0.183. The molecule has 1 heterocycles. The zero-order chi connectivity index (χ0) is 17.2. The molecule has 24 heavy (non-hydrogen) atoms. The molecular formula is C17H17NO5S. The second kappa shape index (κ2) is 6.62. The van der Waals surface area contributed by atoms with Crippen molar-refractivity contribution in [3.8, 4) is 5.75 Å². The lowest BCUT2D eigenvalue weighted by molar-refractivity contribution is -0.127. The number of rotatable bonds is 4. The van der Waals surface area contributed by atoms with Crippen LogP contribution in [0, 0.1) is 0 Å². The first-order chi connectivity index (χ1) is 11.4. The minimum Gasteiger partial charge on any atom is -0.450 e. The van der Waals surface area contributed by atoms with E-state index in [-0.39, 0.29) is 17.9 Å². The highest BCUT2D eigenvalue weighted by Crippen LogP contribution is 2.39. The number of nitrogens with zero attached hydrogens (tertiary/aromatic N) is 1. The number of hydrogen-bond acceptors (Lipinski definition) is 6. The monoisotopic (exact) mass is 347 g/mol. The molecule has 7 heteroatoms. The van der Waals surface area contributed by atoms with Crippen molar-refractivity contribution in [2.45, 2.75) is 26.2 Å². The summed E-state index contributed by atoms with van der Waals surface area (Å²) in [5.74, 6) is -1.35. The van der Waals surface area contributed by atoms with Gasteiger partial charge in [0, 0.05) is 13.8 Å². The Morgan fingerprint density at radius 2 is 1.83 bits per heavy atom. The largest absolute Gasteiger partial charge is 0.450 e. The van der Waals surface area contributed by atoms with E-state index in [2.05, 4.69) is 4.36 Å². The average Bonchev–Trinajstić information content (AvgIpc) is 2.54. The van der Waals surface area contributed by atoms with E-state index in [1.807, 2.05) is 30.3 Å². The number of para-hydroxylation sites is 1. The number of esters is 1. The van der Waals surface area contributed by atoms with Crippen LogP contribution in [0.15, 0.2) is 52.9 Å². The molecule has 0 amide bonds. The minimum atomic E-state index is -2.30. The molecule has 2 aromatic rings. The molecule has 2 aromatic carbocycles. The van der Waals surface area contributed by atoms with Gasteiger partial charge in [0.15, 0.2) is 16.6 Å². The summed E-state index contributed by atoms with van der Waals surface area (Å²) in [6.45, 7) is 3.43. The second-order valence-corrected chi connectivity index (χ2v) is 6.58. The molecule has 126 valence electrons. The van der Waals surface area contributed by atoms with Crippen molar-refractivity contribution >= 4 is 22.5 Å². The maximum absolute atomic E-state index is 12.1. The van der Waals surface area contributed by atoms with Crippen molar-refractivity contribution in [3.05, 3.63) is 59.7 Å². The summed E-state index contributed by atoms with van der Waals surface area (Å²) in [7, 11) is -2.30. The molecule has 0 bridgehead atoms. The van der Waals surface area contributed by atoms with Crippen LogP contribution >= 0.6 is 0 Å². The molecular weight excluding hydrogens is 330 g/mol. The Morgan fingerprint density at radius 1 is 1.08 bits per heavy atom. The van der Waals surface area contributed by atoms with E-state index in [9.17, 15) is 9.00 Å². The van der Waals surface area contributed by atoms with Gasteiger partial charge in [-0.05, 0) is 17.7 Å². The fraction of sp³-hybridized carbons (Fsp3) is 0.235. The van der Waals surface area contributed by atoms with E-state index in [1.165, 1.54) is 0 Å². The Labute approximate surface area is 141 Å². The lowest BCUT2D eigenvalue weighted by atomic mass is 10.1. The van der Waals surface area contributed by atoms with Crippen LogP contribution in [0.1, 0.15) is 29.8 Å². The van der Waals surface area contributed by atoms with Gasteiger partial charge in [-0.1, -0.05) is 36.4 Å². The van der Waals surface area contributed by atoms with E-state index in [4.69, 9.17) is 13.7 Å². The van der Waals surface area contributed by atoms with Gasteiger partial charge in [-0.3, -0.25) is 4.18 Å². The Bertz CT molecular complexity index is 841. The molecule has 0 N–H and O–H groups in total. The first-order valence-electron chi connectivity index (χ1n) is 7.36. The van der Waals surface area contributed by atoms with Gasteiger partial charge in [0.1, 0.15) is 11.3 Å². The molecule has 3 rings (SSSR count).